The van der Waals surface area contributed by atoms with Gasteiger partial charge >= 0.3 is 11.9 Å². The molecule has 2 aliphatic heterocycles. The van der Waals surface area contributed by atoms with Crippen molar-refractivity contribution in [1.82, 2.24) is 4.90 Å². The van der Waals surface area contributed by atoms with Gasteiger partial charge in [0.05, 0.1) is 12.1 Å². The van der Waals surface area contributed by atoms with Gasteiger partial charge in [0.25, 0.3) is 0 Å². The Kier molecular flexibility index (Phi) is 3.58. The van der Waals surface area contributed by atoms with E-state index in [1.54, 1.807) is 6.92 Å². The van der Waals surface area contributed by atoms with Crippen LogP contribution in [0.25, 0.3) is 0 Å². The third kappa shape index (κ3) is 2.24. The first-order valence-corrected chi connectivity index (χ1v) is 7.08. The number of amides is 1. The maximum Gasteiger partial charge on any atom is 0.397 e. The van der Waals surface area contributed by atoms with E-state index in [9.17, 15) is 22.8 Å². The van der Waals surface area contributed by atoms with Gasteiger partial charge in [0.15, 0.2) is 17.5 Å². The Balaban J connectivity index is 2.02. The van der Waals surface area contributed by atoms with E-state index in [2.05, 4.69) is 0 Å². The monoisotopic (exact) mass is 313 g/mol. The van der Waals surface area contributed by atoms with Gasteiger partial charge in [-0.3, -0.25) is 4.79 Å². The lowest BCUT2D eigenvalue weighted by atomic mass is 9.87. The molecule has 0 aromatic heterocycles. The van der Waals surface area contributed by atoms with E-state index in [4.69, 9.17) is 4.74 Å². The largest absolute Gasteiger partial charge is 0.453 e. The standard InChI is InChI=1S/C15H14F3NO3/c1-7-11-3-2-4-12(19(11)14(20)15(21)22-7)8-5-9(16)13(18)10(17)6-8/h5-7,11-12H,2-4H2,1H3/t7-,11+,12-/m0/s1. The molecule has 0 radical (unpaired) electrons. The number of hydrogen-bond donors (Lipinski definition) is 0. The fraction of sp³-hybridized carbons (Fsp3) is 0.467. The summed E-state index contributed by atoms with van der Waals surface area (Å²) in [5.74, 6) is -5.96. The van der Waals surface area contributed by atoms with Crippen LogP contribution in [0, 0.1) is 17.5 Å². The van der Waals surface area contributed by atoms with Crippen LogP contribution < -0.4 is 0 Å². The van der Waals surface area contributed by atoms with Crippen LogP contribution in [0.5, 0.6) is 0 Å². The summed E-state index contributed by atoms with van der Waals surface area (Å²) in [6.45, 7) is 1.68. The average Bonchev–Trinajstić information content (AvgIpc) is 2.49. The highest BCUT2D eigenvalue weighted by Gasteiger charge is 2.46. The van der Waals surface area contributed by atoms with E-state index in [0.717, 1.165) is 12.1 Å². The molecular weight excluding hydrogens is 299 g/mol. The number of rotatable bonds is 1. The number of esters is 1. The lowest BCUT2D eigenvalue weighted by Crippen LogP contribution is -2.58. The first-order chi connectivity index (χ1) is 10.4. The fourth-order valence-electron chi connectivity index (χ4n) is 3.28. The SMILES string of the molecule is C[C@@H]1OC(=O)C(=O)N2[C@@H]1CCC[C@H]2c1cc(F)c(F)c(F)c1. The number of morpholine rings is 1. The molecule has 0 aliphatic carbocycles. The zero-order valence-corrected chi connectivity index (χ0v) is 11.8. The lowest BCUT2D eigenvalue weighted by molar-refractivity contribution is -0.182. The van der Waals surface area contributed by atoms with Crippen molar-refractivity contribution in [2.45, 2.75) is 44.4 Å². The first-order valence-electron chi connectivity index (χ1n) is 7.08. The quantitative estimate of drug-likeness (QED) is 0.454. The molecule has 0 N–H and O–H groups in total. The molecule has 0 spiro atoms. The molecule has 2 heterocycles. The molecule has 4 nitrogen and oxygen atoms in total. The summed E-state index contributed by atoms with van der Waals surface area (Å²) in [6.07, 6.45) is 1.32. The molecule has 118 valence electrons. The van der Waals surface area contributed by atoms with Crippen LogP contribution in [-0.4, -0.2) is 28.9 Å². The number of carbonyl (C=O) groups is 2. The smallest absolute Gasteiger partial charge is 0.397 e. The van der Waals surface area contributed by atoms with Crippen molar-refractivity contribution in [2.75, 3.05) is 0 Å². The average molecular weight is 313 g/mol. The first kappa shape index (κ1) is 14.9. The van der Waals surface area contributed by atoms with E-state index in [1.165, 1.54) is 4.90 Å². The maximum absolute atomic E-state index is 13.5. The van der Waals surface area contributed by atoms with Gasteiger partial charge in [0, 0.05) is 0 Å². The second-order valence-electron chi connectivity index (χ2n) is 5.64. The van der Waals surface area contributed by atoms with Crippen molar-refractivity contribution < 1.29 is 27.5 Å². The number of fused-ring (bicyclic) bond motifs is 1. The molecule has 2 fully saturated rings. The summed E-state index contributed by atoms with van der Waals surface area (Å²) in [6, 6.07) is 0.762. The van der Waals surface area contributed by atoms with Crippen molar-refractivity contribution in [2.24, 2.45) is 0 Å². The third-order valence-corrected chi connectivity index (χ3v) is 4.31. The minimum atomic E-state index is -1.55. The number of ether oxygens (including phenoxy) is 1. The Labute approximate surface area is 124 Å². The predicted octanol–water partition coefficient (Wildman–Crippen LogP) is 2.47. The molecule has 22 heavy (non-hydrogen) atoms. The Morgan fingerprint density at radius 1 is 1.14 bits per heavy atom. The molecule has 0 bridgehead atoms. The maximum atomic E-state index is 13.5. The number of hydrogen-bond acceptors (Lipinski definition) is 3. The molecule has 1 amide bonds. The van der Waals surface area contributed by atoms with Gasteiger partial charge in [0.2, 0.25) is 0 Å². The highest BCUT2D eigenvalue weighted by Crippen LogP contribution is 2.38. The third-order valence-electron chi connectivity index (χ3n) is 4.31. The van der Waals surface area contributed by atoms with Crippen molar-refractivity contribution in [3.63, 3.8) is 0 Å². The summed E-state index contributed by atoms with van der Waals surface area (Å²) >= 11 is 0. The van der Waals surface area contributed by atoms with E-state index in [-0.39, 0.29) is 11.6 Å². The van der Waals surface area contributed by atoms with E-state index in [1.807, 2.05) is 0 Å². The second kappa shape index (κ2) is 5.30. The highest BCUT2D eigenvalue weighted by atomic mass is 19.2. The minimum Gasteiger partial charge on any atom is -0.453 e. The molecule has 2 saturated heterocycles. The van der Waals surface area contributed by atoms with Crippen molar-refractivity contribution in [1.29, 1.82) is 0 Å². The molecule has 0 saturated carbocycles. The zero-order valence-electron chi connectivity index (χ0n) is 11.8. The molecule has 3 atom stereocenters. The molecule has 7 heteroatoms. The normalized spacial score (nSPS) is 28.4. The van der Waals surface area contributed by atoms with Gasteiger partial charge in [-0.1, -0.05) is 0 Å². The Morgan fingerprint density at radius 2 is 1.77 bits per heavy atom. The molecule has 1 aromatic rings. The van der Waals surface area contributed by atoms with Gasteiger partial charge in [-0.15, -0.1) is 0 Å². The van der Waals surface area contributed by atoms with E-state index >= 15 is 0 Å². The van der Waals surface area contributed by atoms with Gasteiger partial charge in [-0.05, 0) is 43.9 Å². The minimum absolute atomic E-state index is 0.149. The number of cyclic esters (lactones) is 1. The number of carbonyl (C=O) groups excluding carboxylic acids is 2. The van der Waals surface area contributed by atoms with Crippen molar-refractivity contribution in [3.05, 3.63) is 35.1 Å². The van der Waals surface area contributed by atoms with Crippen LogP contribution in [-0.2, 0) is 14.3 Å². The summed E-state index contributed by atoms with van der Waals surface area (Å²) in [7, 11) is 0. The molecule has 0 unspecified atom stereocenters. The van der Waals surface area contributed by atoms with E-state index in [0.29, 0.717) is 19.3 Å². The van der Waals surface area contributed by atoms with Crippen molar-refractivity contribution in [3.8, 4) is 0 Å². The predicted molar refractivity (Wildman–Crippen MR) is 69.1 cm³/mol. The number of benzene rings is 1. The number of halogens is 3. The summed E-state index contributed by atoms with van der Waals surface area (Å²) in [5, 5.41) is 0. The van der Waals surface area contributed by atoms with Crippen LogP contribution >= 0.6 is 0 Å². The van der Waals surface area contributed by atoms with Crippen LogP contribution in [0.15, 0.2) is 12.1 Å². The van der Waals surface area contributed by atoms with Crippen LogP contribution in [0.4, 0.5) is 13.2 Å². The van der Waals surface area contributed by atoms with E-state index < -0.39 is 41.5 Å². The van der Waals surface area contributed by atoms with Gasteiger partial charge in [0.1, 0.15) is 6.10 Å². The van der Waals surface area contributed by atoms with Crippen LogP contribution in [0.2, 0.25) is 0 Å². The van der Waals surface area contributed by atoms with Gasteiger partial charge in [-0.25, -0.2) is 18.0 Å². The summed E-state index contributed by atoms with van der Waals surface area (Å²) in [4.78, 5) is 25.0. The fourth-order valence-corrected chi connectivity index (χ4v) is 3.28. The molecule has 3 rings (SSSR count). The molecular formula is C15H14F3NO3. The van der Waals surface area contributed by atoms with Crippen LogP contribution in [0.1, 0.15) is 37.8 Å². The second-order valence-corrected chi connectivity index (χ2v) is 5.64. The zero-order chi connectivity index (χ0) is 16.0. The van der Waals surface area contributed by atoms with Gasteiger partial charge < -0.3 is 9.64 Å². The lowest BCUT2D eigenvalue weighted by Gasteiger charge is -2.46. The highest BCUT2D eigenvalue weighted by molar-refractivity contribution is 6.33. The number of nitrogens with zero attached hydrogens (tertiary/aromatic N) is 1. The molecule has 2 aliphatic rings. The van der Waals surface area contributed by atoms with Crippen molar-refractivity contribution >= 4 is 11.9 Å². The Hall–Kier alpha value is -2.05. The van der Waals surface area contributed by atoms with Crippen LogP contribution in [0.3, 0.4) is 0 Å². The molecule has 1 aromatic carbocycles. The summed E-state index contributed by atoms with van der Waals surface area (Å²) < 4.78 is 45.0. The summed E-state index contributed by atoms with van der Waals surface area (Å²) in [5.41, 5.74) is 0.149. The Morgan fingerprint density at radius 3 is 2.41 bits per heavy atom. The van der Waals surface area contributed by atoms with Gasteiger partial charge in [-0.2, -0.15) is 0 Å². The Bertz CT molecular complexity index is 626. The number of piperidine rings is 1. The topological polar surface area (TPSA) is 46.6 Å².